The van der Waals surface area contributed by atoms with Crippen molar-refractivity contribution in [1.82, 2.24) is 4.98 Å². The predicted molar refractivity (Wildman–Crippen MR) is 69.6 cm³/mol. The molecule has 0 aliphatic heterocycles. The van der Waals surface area contributed by atoms with Crippen molar-refractivity contribution in [3.05, 3.63) is 29.0 Å². The summed E-state index contributed by atoms with van der Waals surface area (Å²) in [5, 5.41) is 2.65. The fourth-order valence-electron chi connectivity index (χ4n) is 1.62. The largest absolute Gasteiger partial charge is 0.468 e. The minimum Gasteiger partial charge on any atom is -0.468 e. The Bertz CT molecular complexity index is 568. The summed E-state index contributed by atoms with van der Waals surface area (Å²) >= 11 is 1.46. The monoisotopic (exact) mass is 265 g/mol. The van der Waals surface area contributed by atoms with Gasteiger partial charge in [0, 0.05) is 5.38 Å². The van der Waals surface area contributed by atoms with Crippen molar-refractivity contribution >= 4 is 17.3 Å². The lowest BCUT2D eigenvalue weighted by Gasteiger charge is -2.18. The topological polar surface area (TPSA) is 52.3 Å². The molecule has 0 spiro atoms. The van der Waals surface area contributed by atoms with Crippen LogP contribution in [-0.2, 0) is 14.9 Å². The number of aryl methyl sites for hydroxylation is 1. The van der Waals surface area contributed by atoms with Gasteiger partial charge in [0.15, 0.2) is 10.8 Å². The van der Waals surface area contributed by atoms with Crippen molar-refractivity contribution in [3.63, 3.8) is 0 Å². The van der Waals surface area contributed by atoms with Crippen molar-refractivity contribution in [3.8, 4) is 10.8 Å². The number of methoxy groups -OCH3 is 1. The molecular weight excluding hydrogens is 250 g/mol. The van der Waals surface area contributed by atoms with Crippen LogP contribution in [0.3, 0.4) is 0 Å². The van der Waals surface area contributed by atoms with E-state index in [0.717, 1.165) is 16.3 Å². The number of aromatic nitrogens is 1. The van der Waals surface area contributed by atoms with Gasteiger partial charge in [-0.05, 0) is 32.4 Å². The molecule has 2 aromatic heterocycles. The van der Waals surface area contributed by atoms with Gasteiger partial charge in [-0.2, -0.15) is 0 Å². The van der Waals surface area contributed by atoms with E-state index in [1.54, 1.807) is 20.1 Å². The minimum absolute atomic E-state index is 0.296. The number of carbonyl (C=O) groups excluding carboxylic acids is 1. The van der Waals surface area contributed by atoms with Gasteiger partial charge >= 0.3 is 5.97 Å². The fraction of sp³-hybridized carbons (Fsp3) is 0.385. The molecule has 4 nitrogen and oxygen atoms in total. The van der Waals surface area contributed by atoms with Crippen LogP contribution in [0.4, 0.5) is 0 Å². The van der Waals surface area contributed by atoms with Gasteiger partial charge in [0.25, 0.3) is 0 Å². The highest BCUT2D eigenvalue weighted by Gasteiger charge is 2.33. The molecule has 0 aliphatic rings. The standard InChI is InChI=1S/C13H15NO3S/c1-8-5-6-17-10(8)11-14-9(7-18-11)13(2,3)12(15)16-4/h5-7H,1-4H3. The number of hydrogen-bond acceptors (Lipinski definition) is 5. The van der Waals surface area contributed by atoms with Crippen LogP contribution < -0.4 is 0 Å². The highest BCUT2D eigenvalue weighted by molar-refractivity contribution is 7.13. The Hall–Kier alpha value is -1.62. The highest BCUT2D eigenvalue weighted by Crippen LogP contribution is 2.32. The van der Waals surface area contributed by atoms with Gasteiger partial charge in [-0.15, -0.1) is 11.3 Å². The fourth-order valence-corrected chi connectivity index (χ4v) is 2.65. The Morgan fingerprint density at radius 2 is 2.22 bits per heavy atom. The smallest absolute Gasteiger partial charge is 0.317 e. The number of rotatable bonds is 3. The van der Waals surface area contributed by atoms with Gasteiger partial charge in [-0.3, -0.25) is 4.79 Å². The summed E-state index contributed by atoms with van der Waals surface area (Å²) in [6.07, 6.45) is 1.64. The minimum atomic E-state index is -0.746. The van der Waals surface area contributed by atoms with E-state index in [4.69, 9.17) is 9.15 Å². The molecule has 0 saturated carbocycles. The number of esters is 1. The van der Waals surface area contributed by atoms with Crippen LogP contribution in [0, 0.1) is 6.92 Å². The van der Waals surface area contributed by atoms with Crippen LogP contribution in [-0.4, -0.2) is 18.1 Å². The lowest BCUT2D eigenvalue weighted by molar-refractivity contribution is -0.146. The third-order valence-electron chi connectivity index (χ3n) is 2.90. The van der Waals surface area contributed by atoms with E-state index in [1.165, 1.54) is 18.4 Å². The number of ether oxygens (including phenoxy) is 1. The molecule has 0 atom stereocenters. The predicted octanol–water partition coefficient (Wildman–Crippen LogP) is 3.16. The Morgan fingerprint density at radius 1 is 1.50 bits per heavy atom. The molecule has 2 heterocycles. The molecule has 18 heavy (non-hydrogen) atoms. The van der Waals surface area contributed by atoms with Crippen LogP contribution >= 0.6 is 11.3 Å². The molecule has 2 aromatic rings. The first kappa shape index (κ1) is 12.8. The zero-order valence-electron chi connectivity index (χ0n) is 10.8. The number of hydrogen-bond donors (Lipinski definition) is 0. The summed E-state index contributed by atoms with van der Waals surface area (Å²) in [4.78, 5) is 16.2. The van der Waals surface area contributed by atoms with Gasteiger partial charge in [0.1, 0.15) is 5.41 Å². The first-order chi connectivity index (χ1) is 8.46. The van der Waals surface area contributed by atoms with E-state index >= 15 is 0 Å². The van der Waals surface area contributed by atoms with E-state index in [-0.39, 0.29) is 5.97 Å². The quantitative estimate of drug-likeness (QED) is 0.800. The van der Waals surface area contributed by atoms with Crippen molar-refractivity contribution < 1.29 is 13.9 Å². The summed E-state index contributed by atoms with van der Waals surface area (Å²) in [6.45, 7) is 5.56. The molecular formula is C13H15NO3S. The van der Waals surface area contributed by atoms with Crippen LogP contribution in [0.1, 0.15) is 25.1 Å². The number of thiazole rings is 1. The maximum atomic E-state index is 11.7. The second-order valence-electron chi connectivity index (χ2n) is 4.59. The molecule has 0 N–H and O–H groups in total. The maximum absolute atomic E-state index is 11.7. The molecule has 96 valence electrons. The van der Waals surface area contributed by atoms with Crippen LogP contribution in [0.25, 0.3) is 10.8 Å². The molecule has 0 aromatic carbocycles. The molecule has 0 fully saturated rings. The summed E-state index contributed by atoms with van der Waals surface area (Å²) in [5.41, 5.74) is 0.987. The Labute approximate surface area is 110 Å². The second-order valence-corrected chi connectivity index (χ2v) is 5.45. The van der Waals surface area contributed by atoms with Crippen molar-refractivity contribution in [1.29, 1.82) is 0 Å². The molecule has 0 amide bonds. The molecule has 0 aliphatic carbocycles. The molecule has 0 unspecified atom stereocenters. The lowest BCUT2D eigenvalue weighted by atomic mass is 9.90. The number of furan rings is 1. The summed E-state index contributed by atoms with van der Waals surface area (Å²) in [5.74, 6) is 0.461. The van der Waals surface area contributed by atoms with Gasteiger partial charge in [-0.1, -0.05) is 0 Å². The highest BCUT2D eigenvalue weighted by atomic mass is 32.1. The van der Waals surface area contributed by atoms with Crippen LogP contribution in [0.2, 0.25) is 0 Å². The summed E-state index contributed by atoms with van der Waals surface area (Å²) in [7, 11) is 1.38. The zero-order valence-corrected chi connectivity index (χ0v) is 11.6. The number of nitrogens with zero attached hydrogens (tertiary/aromatic N) is 1. The van der Waals surface area contributed by atoms with Gasteiger partial charge in [0.05, 0.1) is 19.1 Å². The van der Waals surface area contributed by atoms with Gasteiger partial charge in [-0.25, -0.2) is 4.98 Å². The lowest BCUT2D eigenvalue weighted by Crippen LogP contribution is -2.30. The van der Waals surface area contributed by atoms with Crippen LogP contribution in [0.5, 0.6) is 0 Å². The van der Waals surface area contributed by atoms with Crippen LogP contribution in [0.15, 0.2) is 22.1 Å². The van der Waals surface area contributed by atoms with Gasteiger partial charge < -0.3 is 9.15 Å². The Morgan fingerprint density at radius 3 is 2.78 bits per heavy atom. The average Bonchev–Trinajstić information content (AvgIpc) is 2.95. The maximum Gasteiger partial charge on any atom is 0.317 e. The van der Waals surface area contributed by atoms with Gasteiger partial charge in [0.2, 0.25) is 0 Å². The van der Waals surface area contributed by atoms with E-state index < -0.39 is 5.41 Å². The Balaban J connectivity index is 2.37. The summed E-state index contributed by atoms with van der Waals surface area (Å²) in [6, 6.07) is 1.89. The van der Waals surface area contributed by atoms with Crippen molar-refractivity contribution in [2.45, 2.75) is 26.2 Å². The van der Waals surface area contributed by atoms with Crippen molar-refractivity contribution in [2.24, 2.45) is 0 Å². The second kappa shape index (κ2) is 4.57. The van der Waals surface area contributed by atoms with E-state index in [9.17, 15) is 4.79 Å². The third-order valence-corrected chi connectivity index (χ3v) is 3.74. The van der Waals surface area contributed by atoms with E-state index in [0.29, 0.717) is 5.69 Å². The van der Waals surface area contributed by atoms with Crippen molar-refractivity contribution in [2.75, 3.05) is 7.11 Å². The Kier molecular flexibility index (Phi) is 3.26. The summed E-state index contributed by atoms with van der Waals surface area (Å²) < 4.78 is 10.2. The molecule has 0 bridgehead atoms. The normalized spacial score (nSPS) is 11.6. The average molecular weight is 265 g/mol. The molecule has 0 radical (unpaired) electrons. The van der Waals surface area contributed by atoms with E-state index in [1.807, 2.05) is 18.4 Å². The first-order valence-electron chi connectivity index (χ1n) is 5.55. The third kappa shape index (κ3) is 2.06. The first-order valence-corrected chi connectivity index (χ1v) is 6.43. The molecule has 2 rings (SSSR count). The molecule has 0 saturated heterocycles. The zero-order chi connectivity index (χ0) is 13.3. The number of carbonyl (C=O) groups is 1. The SMILES string of the molecule is COC(=O)C(C)(C)c1csc(-c2occc2C)n1. The molecule has 5 heteroatoms. The van der Waals surface area contributed by atoms with E-state index in [2.05, 4.69) is 4.98 Å².